The molecule has 0 saturated carbocycles. The zero-order valence-electron chi connectivity index (χ0n) is 9.94. The average molecular weight is 319 g/mol. The third kappa shape index (κ3) is 4.21. The number of pyridine rings is 1. The fourth-order valence-electron chi connectivity index (χ4n) is 1.88. The highest BCUT2D eigenvalue weighted by Crippen LogP contribution is 2.31. The smallest absolute Gasteiger partial charge is 0.381 e. The second-order valence-corrected chi connectivity index (χ2v) is 4.20. The number of nitrogens with zero attached hydrogens (tertiary/aromatic N) is 1. The lowest BCUT2D eigenvalue weighted by atomic mass is 9.85. The summed E-state index contributed by atoms with van der Waals surface area (Å²) in [4.78, 5) is 3.42. The summed E-state index contributed by atoms with van der Waals surface area (Å²) in [6.45, 7) is 1.05. The maximum Gasteiger partial charge on any atom is 0.433 e. The minimum absolute atomic E-state index is 0. The zero-order chi connectivity index (χ0) is 12.5. The van der Waals surface area contributed by atoms with Crippen LogP contribution in [0.5, 0.6) is 0 Å². The molecule has 1 aliphatic rings. The third-order valence-electron chi connectivity index (χ3n) is 3.01. The molecular weight excluding hydrogens is 304 g/mol. The number of halogens is 5. The SMILES string of the molecule is Cl.Cl.NC1(c2ccc(C(F)(F)F)nc2)CCOCC1. The van der Waals surface area contributed by atoms with Gasteiger partial charge in [0, 0.05) is 24.9 Å². The van der Waals surface area contributed by atoms with Gasteiger partial charge in [-0.25, -0.2) is 0 Å². The van der Waals surface area contributed by atoms with E-state index in [0.717, 1.165) is 6.07 Å². The molecule has 1 aromatic rings. The predicted octanol–water partition coefficient (Wildman–Crippen LogP) is 2.91. The summed E-state index contributed by atoms with van der Waals surface area (Å²) in [6, 6.07) is 2.38. The van der Waals surface area contributed by atoms with E-state index in [1.54, 1.807) is 0 Å². The Kier molecular flexibility index (Phi) is 6.54. The molecule has 2 heterocycles. The van der Waals surface area contributed by atoms with E-state index in [0.29, 0.717) is 31.6 Å². The van der Waals surface area contributed by atoms with Gasteiger partial charge in [-0.2, -0.15) is 13.2 Å². The van der Waals surface area contributed by atoms with E-state index >= 15 is 0 Å². The molecule has 19 heavy (non-hydrogen) atoms. The normalized spacial score (nSPS) is 18.1. The lowest BCUT2D eigenvalue weighted by Gasteiger charge is -2.33. The van der Waals surface area contributed by atoms with Crippen LogP contribution in [0.15, 0.2) is 18.3 Å². The van der Waals surface area contributed by atoms with Crippen LogP contribution in [-0.4, -0.2) is 18.2 Å². The number of ether oxygens (including phenoxy) is 1. The Morgan fingerprint density at radius 3 is 2.16 bits per heavy atom. The predicted molar refractivity (Wildman–Crippen MR) is 69.7 cm³/mol. The van der Waals surface area contributed by atoms with E-state index in [9.17, 15) is 13.2 Å². The second kappa shape index (κ2) is 6.74. The fourth-order valence-corrected chi connectivity index (χ4v) is 1.88. The maximum absolute atomic E-state index is 12.3. The van der Waals surface area contributed by atoms with Crippen LogP contribution in [0.1, 0.15) is 24.1 Å². The molecule has 0 aromatic carbocycles. The monoisotopic (exact) mass is 318 g/mol. The zero-order valence-corrected chi connectivity index (χ0v) is 11.6. The van der Waals surface area contributed by atoms with Crippen LogP contribution in [-0.2, 0) is 16.5 Å². The number of hydrogen-bond acceptors (Lipinski definition) is 3. The van der Waals surface area contributed by atoms with Gasteiger partial charge in [-0.05, 0) is 24.5 Å². The average Bonchev–Trinajstić information content (AvgIpc) is 2.29. The van der Waals surface area contributed by atoms with Gasteiger partial charge in [0.05, 0.1) is 0 Å². The van der Waals surface area contributed by atoms with Crippen molar-refractivity contribution in [1.82, 2.24) is 4.98 Å². The second-order valence-electron chi connectivity index (χ2n) is 4.20. The topological polar surface area (TPSA) is 48.1 Å². The molecule has 0 bridgehead atoms. The van der Waals surface area contributed by atoms with Crippen molar-refractivity contribution in [3.8, 4) is 0 Å². The van der Waals surface area contributed by atoms with Gasteiger partial charge in [-0.15, -0.1) is 24.8 Å². The van der Waals surface area contributed by atoms with Crippen molar-refractivity contribution in [2.45, 2.75) is 24.6 Å². The molecule has 0 radical (unpaired) electrons. The molecule has 110 valence electrons. The first-order valence-electron chi connectivity index (χ1n) is 5.32. The van der Waals surface area contributed by atoms with Crippen LogP contribution < -0.4 is 5.73 Å². The van der Waals surface area contributed by atoms with E-state index in [-0.39, 0.29) is 24.8 Å². The highest BCUT2D eigenvalue weighted by molar-refractivity contribution is 5.85. The van der Waals surface area contributed by atoms with Crippen molar-refractivity contribution >= 4 is 24.8 Å². The van der Waals surface area contributed by atoms with Crippen molar-refractivity contribution in [3.05, 3.63) is 29.6 Å². The largest absolute Gasteiger partial charge is 0.433 e. The standard InChI is InChI=1S/C11H13F3N2O.2ClH/c12-11(13,14)9-2-1-8(7-16-9)10(15)3-5-17-6-4-10;;/h1-2,7H,3-6,15H2;2*1H. The number of aromatic nitrogens is 1. The molecular formula is C11H15Cl2F3N2O. The van der Waals surface area contributed by atoms with Gasteiger partial charge in [-0.1, -0.05) is 6.07 Å². The summed E-state index contributed by atoms with van der Waals surface area (Å²) >= 11 is 0. The molecule has 1 aliphatic heterocycles. The van der Waals surface area contributed by atoms with Crippen LogP contribution in [0.4, 0.5) is 13.2 Å². The van der Waals surface area contributed by atoms with Crippen molar-refractivity contribution < 1.29 is 17.9 Å². The Labute approximate surface area is 121 Å². The molecule has 0 aliphatic carbocycles. The maximum atomic E-state index is 12.3. The van der Waals surface area contributed by atoms with E-state index in [2.05, 4.69) is 4.98 Å². The third-order valence-corrected chi connectivity index (χ3v) is 3.01. The minimum Gasteiger partial charge on any atom is -0.381 e. The van der Waals surface area contributed by atoms with Crippen LogP contribution in [0.3, 0.4) is 0 Å². The highest BCUT2D eigenvalue weighted by Gasteiger charge is 2.34. The molecule has 0 unspecified atom stereocenters. The lowest BCUT2D eigenvalue weighted by molar-refractivity contribution is -0.141. The summed E-state index contributed by atoms with van der Waals surface area (Å²) in [5, 5.41) is 0. The lowest BCUT2D eigenvalue weighted by Crippen LogP contribution is -2.42. The summed E-state index contributed by atoms with van der Waals surface area (Å²) in [5.74, 6) is 0. The molecule has 2 N–H and O–H groups in total. The fraction of sp³-hybridized carbons (Fsp3) is 0.545. The molecule has 1 aromatic heterocycles. The van der Waals surface area contributed by atoms with Crippen molar-refractivity contribution in [2.75, 3.05) is 13.2 Å². The summed E-state index contributed by atoms with van der Waals surface area (Å²) in [6.07, 6.45) is -2.00. The number of hydrogen-bond donors (Lipinski definition) is 1. The quantitative estimate of drug-likeness (QED) is 0.866. The number of rotatable bonds is 1. The Bertz CT molecular complexity index is 392. The van der Waals surface area contributed by atoms with Crippen molar-refractivity contribution in [1.29, 1.82) is 0 Å². The van der Waals surface area contributed by atoms with Crippen molar-refractivity contribution in [2.24, 2.45) is 5.73 Å². The van der Waals surface area contributed by atoms with Gasteiger partial charge >= 0.3 is 6.18 Å². The van der Waals surface area contributed by atoms with Gasteiger partial charge in [0.2, 0.25) is 0 Å². The van der Waals surface area contributed by atoms with Crippen LogP contribution >= 0.6 is 24.8 Å². The molecule has 0 atom stereocenters. The van der Waals surface area contributed by atoms with E-state index in [1.165, 1.54) is 12.3 Å². The highest BCUT2D eigenvalue weighted by atomic mass is 35.5. The molecule has 2 rings (SSSR count). The first kappa shape index (κ1) is 18.4. The van der Waals surface area contributed by atoms with Crippen LogP contribution in [0, 0.1) is 0 Å². The minimum atomic E-state index is -4.41. The van der Waals surface area contributed by atoms with Crippen LogP contribution in [0.25, 0.3) is 0 Å². The first-order valence-corrected chi connectivity index (χ1v) is 5.32. The van der Waals surface area contributed by atoms with Gasteiger partial charge in [0.15, 0.2) is 0 Å². The molecule has 3 nitrogen and oxygen atoms in total. The Morgan fingerprint density at radius 1 is 1.16 bits per heavy atom. The van der Waals surface area contributed by atoms with Gasteiger partial charge < -0.3 is 10.5 Å². The molecule has 0 spiro atoms. The molecule has 1 saturated heterocycles. The van der Waals surface area contributed by atoms with Gasteiger partial charge in [-0.3, -0.25) is 4.98 Å². The van der Waals surface area contributed by atoms with E-state index < -0.39 is 17.4 Å². The van der Waals surface area contributed by atoms with Gasteiger partial charge in [0.1, 0.15) is 5.69 Å². The number of nitrogens with two attached hydrogens (primary N) is 1. The molecule has 8 heteroatoms. The van der Waals surface area contributed by atoms with Gasteiger partial charge in [0.25, 0.3) is 0 Å². The van der Waals surface area contributed by atoms with E-state index in [1.807, 2.05) is 0 Å². The summed E-state index contributed by atoms with van der Waals surface area (Å²) < 4.78 is 42.2. The first-order chi connectivity index (χ1) is 7.92. The van der Waals surface area contributed by atoms with Crippen LogP contribution in [0.2, 0.25) is 0 Å². The Balaban J connectivity index is 0.00000162. The molecule has 1 fully saturated rings. The Hall–Kier alpha value is -0.560. The van der Waals surface area contributed by atoms with Crippen molar-refractivity contribution in [3.63, 3.8) is 0 Å². The van der Waals surface area contributed by atoms with E-state index in [4.69, 9.17) is 10.5 Å². The number of alkyl halides is 3. The summed E-state index contributed by atoms with van der Waals surface area (Å²) in [5.41, 5.74) is 5.26. The molecule has 0 amide bonds. The Morgan fingerprint density at radius 2 is 1.74 bits per heavy atom. The summed E-state index contributed by atoms with van der Waals surface area (Å²) in [7, 11) is 0.